The van der Waals surface area contributed by atoms with Crippen LogP contribution in [0.4, 0.5) is 0 Å². The van der Waals surface area contributed by atoms with Crippen LogP contribution in [0, 0.1) is 6.92 Å². The number of rotatable bonds is 7. The Kier molecular flexibility index (Phi) is 6.22. The van der Waals surface area contributed by atoms with Crippen molar-refractivity contribution >= 4 is 29.1 Å². The second kappa shape index (κ2) is 7.21. The van der Waals surface area contributed by atoms with E-state index in [0.717, 1.165) is 15.1 Å². The molecule has 108 valence electrons. The first-order valence-electron chi connectivity index (χ1n) is 6.16. The fraction of sp³-hybridized carbons (Fsp3) is 0.750. The molecule has 1 N–H and O–H groups in total. The van der Waals surface area contributed by atoms with Gasteiger partial charge in [-0.1, -0.05) is 23.1 Å². The minimum Gasteiger partial charge on any atom is -0.468 e. The molecule has 0 aliphatic rings. The monoisotopic (exact) mass is 303 g/mol. The van der Waals surface area contributed by atoms with Crippen LogP contribution in [0.15, 0.2) is 4.34 Å². The van der Waals surface area contributed by atoms with E-state index in [-0.39, 0.29) is 12.0 Å². The lowest BCUT2D eigenvalue weighted by atomic mass is 9.98. The van der Waals surface area contributed by atoms with E-state index < -0.39 is 5.54 Å². The van der Waals surface area contributed by atoms with Crippen molar-refractivity contribution in [2.45, 2.75) is 50.0 Å². The summed E-state index contributed by atoms with van der Waals surface area (Å²) in [7, 11) is 1.42. The largest absolute Gasteiger partial charge is 0.468 e. The number of thioether (sulfide) groups is 1. The molecule has 0 amide bonds. The minimum absolute atomic E-state index is 0.220. The third-order valence-electron chi connectivity index (χ3n) is 2.58. The van der Waals surface area contributed by atoms with E-state index in [1.54, 1.807) is 23.1 Å². The van der Waals surface area contributed by atoms with E-state index in [2.05, 4.69) is 15.5 Å². The van der Waals surface area contributed by atoms with Gasteiger partial charge in [-0.05, 0) is 34.1 Å². The summed E-state index contributed by atoms with van der Waals surface area (Å²) < 4.78 is 5.83. The normalized spacial score (nSPS) is 14.4. The number of aromatic nitrogens is 2. The van der Waals surface area contributed by atoms with E-state index in [0.29, 0.717) is 6.42 Å². The zero-order valence-corrected chi connectivity index (χ0v) is 13.7. The fourth-order valence-corrected chi connectivity index (χ4v) is 3.82. The average Bonchev–Trinajstić information content (AvgIpc) is 2.73. The van der Waals surface area contributed by atoms with Crippen molar-refractivity contribution in [3.05, 3.63) is 5.01 Å². The molecular weight excluding hydrogens is 282 g/mol. The molecule has 0 aromatic carbocycles. The Morgan fingerprint density at radius 3 is 2.68 bits per heavy atom. The van der Waals surface area contributed by atoms with Gasteiger partial charge in [0, 0.05) is 11.8 Å². The summed E-state index contributed by atoms with van der Waals surface area (Å²) in [6, 6.07) is 0.220. The predicted molar refractivity (Wildman–Crippen MR) is 78.7 cm³/mol. The molecule has 19 heavy (non-hydrogen) atoms. The smallest absolute Gasteiger partial charge is 0.325 e. The molecule has 1 heterocycles. The SMILES string of the molecule is COC(=O)C(C)(CCSc1nnc(C)s1)NC(C)C. The van der Waals surface area contributed by atoms with Crippen molar-refractivity contribution in [3.63, 3.8) is 0 Å². The maximum atomic E-state index is 11.9. The Bertz CT molecular complexity index is 423. The molecule has 1 rings (SSSR count). The van der Waals surface area contributed by atoms with Crippen LogP contribution in [0.5, 0.6) is 0 Å². The van der Waals surface area contributed by atoms with Gasteiger partial charge in [0.15, 0.2) is 4.34 Å². The van der Waals surface area contributed by atoms with Gasteiger partial charge in [-0.2, -0.15) is 0 Å². The molecule has 1 aromatic heterocycles. The van der Waals surface area contributed by atoms with Crippen LogP contribution >= 0.6 is 23.1 Å². The molecule has 1 atom stereocenters. The van der Waals surface area contributed by atoms with Crippen molar-refractivity contribution in [2.75, 3.05) is 12.9 Å². The lowest BCUT2D eigenvalue weighted by molar-refractivity contribution is -0.148. The van der Waals surface area contributed by atoms with Crippen molar-refractivity contribution in [3.8, 4) is 0 Å². The maximum absolute atomic E-state index is 11.9. The summed E-state index contributed by atoms with van der Waals surface area (Å²) >= 11 is 3.19. The predicted octanol–water partition coefficient (Wildman–Crippen LogP) is 2.26. The number of nitrogens with zero attached hydrogens (tertiary/aromatic N) is 2. The summed E-state index contributed by atoms with van der Waals surface area (Å²) in [5.41, 5.74) is -0.657. The number of carbonyl (C=O) groups is 1. The first-order chi connectivity index (χ1) is 8.87. The minimum atomic E-state index is -0.657. The Hall–Kier alpha value is -0.660. The van der Waals surface area contributed by atoms with E-state index in [1.807, 2.05) is 27.7 Å². The molecule has 0 fully saturated rings. The molecule has 0 aliphatic heterocycles. The van der Waals surface area contributed by atoms with Crippen LogP contribution in [0.3, 0.4) is 0 Å². The van der Waals surface area contributed by atoms with Gasteiger partial charge in [0.2, 0.25) is 0 Å². The number of hydrogen-bond donors (Lipinski definition) is 1. The molecular formula is C12H21N3O2S2. The highest BCUT2D eigenvalue weighted by Crippen LogP contribution is 2.25. The lowest BCUT2D eigenvalue weighted by Gasteiger charge is -2.29. The summed E-state index contributed by atoms with van der Waals surface area (Å²) in [5, 5.41) is 12.3. The zero-order chi connectivity index (χ0) is 14.5. The Morgan fingerprint density at radius 2 is 2.21 bits per heavy atom. The van der Waals surface area contributed by atoms with Gasteiger partial charge in [0.25, 0.3) is 0 Å². The van der Waals surface area contributed by atoms with Crippen LogP contribution in [0.25, 0.3) is 0 Å². The first-order valence-corrected chi connectivity index (χ1v) is 7.96. The van der Waals surface area contributed by atoms with Gasteiger partial charge in [0.1, 0.15) is 10.5 Å². The number of carbonyl (C=O) groups excluding carboxylic acids is 1. The molecule has 1 unspecified atom stereocenters. The van der Waals surface area contributed by atoms with Crippen molar-refractivity contribution in [1.82, 2.24) is 15.5 Å². The highest BCUT2D eigenvalue weighted by Gasteiger charge is 2.34. The van der Waals surface area contributed by atoms with Crippen LogP contribution in [0.1, 0.15) is 32.2 Å². The lowest BCUT2D eigenvalue weighted by Crippen LogP contribution is -2.53. The molecule has 7 heteroatoms. The number of ether oxygens (including phenoxy) is 1. The third kappa shape index (κ3) is 5.08. The second-order valence-electron chi connectivity index (χ2n) is 4.81. The van der Waals surface area contributed by atoms with Gasteiger partial charge in [-0.15, -0.1) is 10.2 Å². The molecule has 5 nitrogen and oxygen atoms in total. The van der Waals surface area contributed by atoms with Crippen molar-refractivity contribution in [1.29, 1.82) is 0 Å². The number of nitrogens with one attached hydrogen (secondary N) is 1. The summed E-state index contributed by atoms with van der Waals surface area (Å²) in [4.78, 5) is 11.9. The summed E-state index contributed by atoms with van der Waals surface area (Å²) in [5.74, 6) is 0.565. The van der Waals surface area contributed by atoms with Crippen LogP contribution in [-0.4, -0.2) is 40.6 Å². The van der Waals surface area contributed by atoms with Gasteiger partial charge in [-0.3, -0.25) is 10.1 Å². The van der Waals surface area contributed by atoms with E-state index in [1.165, 1.54) is 7.11 Å². The average molecular weight is 303 g/mol. The van der Waals surface area contributed by atoms with Gasteiger partial charge in [-0.25, -0.2) is 0 Å². The number of aryl methyl sites for hydroxylation is 1. The first kappa shape index (κ1) is 16.4. The Labute approximate surface area is 122 Å². The topological polar surface area (TPSA) is 64.1 Å². The standard InChI is InChI=1S/C12H21N3O2S2/c1-8(2)13-12(4,10(16)17-5)6-7-18-11-15-14-9(3)19-11/h8,13H,6-7H2,1-5H3. The molecule has 0 radical (unpaired) electrons. The van der Waals surface area contributed by atoms with Crippen molar-refractivity contribution < 1.29 is 9.53 Å². The fourth-order valence-electron chi connectivity index (χ4n) is 1.77. The zero-order valence-electron chi connectivity index (χ0n) is 12.0. The number of esters is 1. The van der Waals surface area contributed by atoms with Crippen LogP contribution in [0.2, 0.25) is 0 Å². The van der Waals surface area contributed by atoms with Gasteiger partial charge >= 0.3 is 5.97 Å². The number of methoxy groups -OCH3 is 1. The van der Waals surface area contributed by atoms with Crippen LogP contribution < -0.4 is 5.32 Å². The second-order valence-corrected chi connectivity index (χ2v) is 7.33. The molecule has 0 aliphatic carbocycles. The van der Waals surface area contributed by atoms with E-state index in [9.17, 15) is 4.79 Å². The number of hydrogen-bond acceptors (Lipinski definition) is 7. The Morgan fingerprint density at radius 1 is 1.53 bits per heavy atom. The quantitative estimate of drug-likeness (QED) is 0.616. The van der Waals surface area contributed by atoms with E-state index >= 15 is 0 Å². The van der Waals surface area contributed by atoms with Gasteiger partial charge in [0.05, 0.1) is 7.11 Å². The molecule has 0 bridgehead atoms. The molecule has 0 spiro atoms. The third-order valence-corrected chi connectivity index (χ3v) is 4.55. The summed E-state index contributed by atoms with van der Waals surface area (Å²) in [6.45, 7) is 7.84. The summed E-state index contributed by atoms with van der Waals surface area (Å²) in [6.07, 6.45) is 0.682. The molecule has 0 saturated heterocycles. The Balaban J connectivity index is 2.55. The van der Waals surface area contributed by atoms with Crippen molar-refractivity contribution in [2.24, 2.45) is 0 Å². The van der Waals surface area contributed by atoms with E-state index in [4.69, 9.17) is 4.74 Å². The highest BCUT2D eigenvalue weighted by atomic mass is 32.2. The maximum Gasteiger partial charge on any atom is 0.325 e. The molecule has 0 saturated carbocycles. The molecule has 1 aromatic rings. The van der Waals surface area contributed by atoms with Crippen LogP contribution in [-0.2, 0) is 9.53 Å². The highest BCUT2D eigenvalue weighted by molar-refractivity contribution is 8.01. The van der Waals surface area contributed by atoms with Gasteiger partial charge < -0.3 is 4.74 Å².